The van der Waals surface area contributed by atoms with Crippen LogP contribution in [0.25, 0.3) is 0 Å². The smallest absolute Gasteiger partial charge is 0.326 e. The Morgan fingerprint density at radius 2 is 2.00 bits per heavy atom. The number of benzene rings is 1. The SMILES string of the molecule is O=C(O)C(CCOC1CC(CCc2ccc3c(n2)NCCC3)C1)NC(=O)C1(c2ccccc2Cl)CCOCC1. The Balaban J connectivity index is 1.07. The third kappa shape index (κ3) is 6.56. The molecule has 1 saturated heterocycles. The predicted molar refractivity (Wildman–Crippen MR) is 149 cm³/mol. The average molecular weight is 556 g/mol. The number of aryl methyl sites for hydroxylation is 2. The molecule has 3 N–H and O–H groups in total. The summed E-state index contributed by atoms with van der Waals surface area (Å²) < 4.78 is 11.5. The van der Waals surface area contributed by atoms with E-state index in [0.29, 0.717) is 37.0 Å². The van der Waals surface area contributed by atoms with Crippen molar-refractivity contribution in [3.05, 3.63) is 58.2 Å². The Labute approximate surface area is 234 Å². The molecule has 1 saturated carbocycles. The Morgan fingerprint density at radius 3 is 2.77 bits per heavy atom. The monoisotopic (exact) mass is 555 g/mol. The molecule has 3 heterocycles. The summed E-state index contributed by atoms with van der Waals surface area (Å²) in [5.74, 6) is 0.260. The highest BCUT2D eigenvalue weighted by molar-refractivity contribution is 6.31. The number of anilines is 1. The van der Waals surface area contributed by atoms with E-state index in [1.54, 1.807) is 6.07 Å². The van der Waals surface area contributed by atoms with Crippen molar-refractivity contribution in [1.29, 1.82) is 0 Å². The summed E-state index contributed by atoms with van der Waals surface area (Å²) in [7, 11) is 0. The molecule has 8 nitrogen and oxygen atoms in total. The van der Waals surface area contributed by atoms with Gasteiger partial charge in [-0.2, -0.15) is 0 Å². The summed E-state index contributed by atoms with van der Waals surface area (Å²) >= 11 is 6.46. The minimum absolute atomic E-state index is 0.142. The second kappa shape index (κ2) is 12.7. The Hall–Kier alpha value is -2.68. The van der Waals surface area contributed by atoms with Crippen LogP contribution < -0.4 is 10.6 Å². The largest absolute Gasteiger partial charge is 0.480 e. The van der Waals surface area contributed by atoms with E-state index in [4.69, 9.17) is 26.1 Å². The maximum atomic E-state index is 13.5. The number of ether oxygens (including phenoxy) is 2. The number of carboxylic acids is 1. The van der Waals surface area contributed by atoms with Crippen LogP contribution >= 0.6 is 11.6 Å². The maximum Gasteiger partial charge on any atom is 0.326 e. The number of aliphatic carboxylic acids is 1. The molecule has 1 aromatic heterocycles. The van der Waals surface area contributed by atoms with Gasteiger partial charge in [-0.15, -0.1) is 0 Å². The fraction of sp³-hybridized carbons (Fsp3) is 0.567. The van der Waals surface area contributed by atoms with E-state index < -0.39 is 17.4 Å². The number of carbonyl (C=O) groups excluding carboxylic acids is 1. The topological polar surface area (TPSA) is 110 Å². The lowest BCUT2D eigenvalue weighted by Gasteiger charge is -2.38. The zero-order chi connectivity index (χ0) is 27.2. The van der Waals surface area contributed by atoms with Gasteiger partial charge in [-0.05, 0) is 80.5 Å². The van der Waals surface area contributed by atoms with Crippen LogP contribution in [0.2, 0.25) is 5.02 Å². The zero-order valence-electron chi connectivity index (χ0n) is 22.3. The van der Waals surface area contributed by atoms with E-state index in [9.17, 15) is 14.7 Å². The molecule has 0 radical (unpaired) electrons. The first-order valence-electron chi connectivity index (χ1n) is 14.2. The molecule has 0 spiro atoms. The van der Waals surface area contributed by atoms with Crippen LogP contribution in [0.3, 0.4) is 0 Å². The number of fused-ring (bicyclic) bond motifs is 1. The zero-order valence-corrected chi connectivity index (χ0v) is 23.0. The van der Waals surface area contributed by atoms with E-state index in [1.165, 1.54) is 5.56 Å². The number of pyridine rings is 1. The van der Waals surface area contributed by atoms with Crippen molar-refractivity contribution in [3.8, 4) is 0 Å². The van der Waals surface area contributed by atoms with Gasteiger partial charge in [0.05, 0.1) is 11.5 Å². The van der Waals surface area contributed by atoms with E-state index in [-0.39, 0.29) is 25.0 Å². The number of hydrogen-bond acceptors (Lipinski definition) is 6. The lowest BCUT2D eigenvalue weighted by atomic mass is 9.73. The Kier molecular flexibility index (Phi) is 9.05. The molecular formula is C30H38ClN3O5. The number of nitrogens with zero attached hydrogens (tertiary/aromatic N) is 1. The van der Waals surface area contributed by atoms with E-state index in [1.807, 2.05) is 18.2 Å². The van der Waals surface area contributed by atoms with Crippen molar-refractivity contribution in [2.45, 2.75) is 75.3 Å². The van der Waals surface area contributed by atoms with E-state index >= 15 is 0 Å². The molecule has 9 heteroatoms. The fourth-order valence-corrected chi connectivity index (χ4v) is 6.32. The van der Waals surface area contributed by atoms with Crippen LogP contribution in [0.4, 0.5) is 5.82 Å². The first-order valence-corrected chi connectivity index (χ1v) is 14.5. The molecule has 5 rings (SSSR count). The molecule has 1 unspecified atom stereocenters. The average Bonchev–Trinajstić information content (AvgIpc) is 2.93. The second-order valence-electron chi connectivity index (χ2n) is 11.0. The highest BCUT2D eigenvalue weighted by Crippen LogP contribution is 2.39. The number of carboxylic acid groups (broad SMARTS) is 1. The number of carbonyl (C=O) groups is 2. The van der Waals surface area contributed by atoms with E-state index in [2.05, 4.69) is 22.8 Å². The number of amides is 1. The van der Waals surface area contributed by atoms with Gasteiger partial charge in [0.2, 0.25) is 5.91 Å². The van der Waals surface area contributed by atoms with Crippen LogP contribution in [-0.2, 0) is 37.3 Å². The van der Waals surface area contributed by atoms with Crippen molar-refractivity contribution in [2.75, 3.05) is 31.7 Å². The summed E-state index contributed by atoms with van der Waals surface area (Å²) in [6, 6.07) is 10.6. The summed E-state index contributed by atoms with van der Waals surface area (Å²) in [5, 5.41) is 16.5. The predicted octanol–water partition coefficient (Wildman–Crippen LogP) is 4.53. The molecule has 39 heavy (non-hydrogen) atoms. The van der Waals surface area contributed by atoms with Gasteiger partial charge < -0.3 is 25.2 Å². The van der Waals surface area contributed by atoms with Crippen LogP contribution in [-0.4, -0.2) is 60.5 Å². The normalized spacial score (nSPS) is 22.6. The minimum Gasteiger partial charge on any atom is -0.480 e. The molecule has 1 aliphatic carbocycles. The number of aromatic nitrogens is 1. The van der Waals surface area contributed by atoms with Gasteiger partial charge in [0, 0.05) is 43.5 Å². The van der Waals surface area contributed by atoms with Gasteiger partial charge in [0.1, 0.15) is 11.9 Å². The van der Waals surface area contributed by atoms with Crippen molar-refractivity contribution < 1.29 is 24.2 Å². The highest BCUT2D eigenvalue weighted by atomic mass is 35.5. The summed E-state index contributed by atoms with van der Waals surface area (Å²) in [6.07, 6.45) is 7.50. The molecule has 2 aliphatic heterocycles. The van der Waals surface area contributed by atoms with E-state index in [0.717, 1.165) is 62.1 Å². The number of rotatable bonds is 11. The molecule has 2 aromatic rings. The molecule has 1 atom stereocenters. The first-order chi connectivity index (χ1) is 18.9. The van der Waals surface area contributed by atoms with Crippen LogP contribution in [0.5, 0.6) is 0 Å². The van der Waals surface area contributed by atoms with Crippen LogP contribution in [0.15, 0.2) is 36.4 Å². The van der Waals surface area contributed by atoms with Gasteiger partial charge in [-0.3, -0.25) is 4.79 Å². The second-order valence-corrected chi connectivity index (χ2v) is 11.4. The first kappa shape index (κ1) is 27.9. The lowest BCUT2D eigenvalue weighted by Crippen LogP contribution is -2.53. The fourth-order valence-electron chi connectivity index (χ4n) is 6.00. The quantitative estimate of drug-likeness (QED) is 0.374. The summed E-state index contributed by atoms with van der Waals surface area (Å²) in [5.41, 5.74) is 2.25. The van der Waals surface area contributed by atoms with Crippen LogP contribution in [0, 0.1) is 5.92 Å². The molecule has 0 bridgehead atoms. The van der Waals surface area contributed by atoms with Gasteiger partial charge in [-0.1, -0.05) is 35.9 Å². The third-order valence-electron chi connectivity index (χ3n) is 8.49. The van der Waals surface area contributed by atoms with Crippen molar-refractivity contribution >= 4 is 29.3 Å². The lowest BCUT2D eigenvalue weighted by molar-refractivity contribution is -0.144. The van der Waals surface area contributed by atoms with Gasteiger partial charge in [-0.25, -0.2) is 9.78 Å². The van der Waals surface area contributed by atoms with Gasteiger partial charge in [0.25, 0.3) is 0 Å². The number of nitrogens with one attached hydrogen (secondary N) is 2. The minimum atomic E-state index is -1.06. The van der Waals surface area contributed by atoms with Crippen molar-refractivity contribution in [2.24, 2.45) is 5.92 Å². The van der Waals surface area contributed by atoms with Crippen LogP contribution in [0.1, 0.15) is 61.8 Å². The summed E-state index contributed by atoms with van der Waals surface area (Å²) in [4.78, 5) is 30.3. The Morgan fingerprint density at radius 1 is 1.21 bits per heavy atom. The Bertz CT molecular complexity index is 1160. The standard InChI is InChI=1S/C30H38ClN3O5/c31-25-6-2-1-5-24(25)30(12-16-38-17-13-30)29(37)34-26(28(35)36)11-15-39-23-18-20(19-23)7-9-22-10-8-21-4-3-14-32-27(21)33-22/h1-2,5-6,8,10,20,23,26H,3-4,7,9,11-19H2,(H,32,33)(H,34,37)(H,35,36). The highest BCUT2D eigenvalue weighted by Gasteiger charge is 2.44. The molecule has 210 valence electrons. The molecular weight excluding hydrogens is 518 g/mol. The third-order valence-corrected chi connectivity index (χ3v) is 8.82. The summed E-state index contributed by atoms with van der Waals surface area (Å²) in [6.45, 7) is 2.12. The molecule has 3 aliphatic rings. The number of hydrogen-bond donors (Lipinski definition) is 3. The van der Waals surface area contributed by atoms with Crippen molar-refractivity contribution in [3.63, 3.8) is 0 Å². The molecule has 2 fully saturated rings. The number of halogens is 1. The maximum absolute atomic E-state index is 13.5. The van der Waals surface area contributed by atoms with Gasteiger partial charge >= 0.3 is 5.97 Å². The van der Waals surface area contributed by atoms with Crippen molar-refractivity contribution in [1.82, 2.24) is 10.3 Å². The molecule has 1 aromatic carbocycles. The van der Waals surface area contributed by atoms with Gasteiger partial charge in [0.15, 0.2) is 0 Å². The molecule has 1 amide bonds.